The topological polar surface area (TPSA) is 144 Å². The second kappa shape index (κ2) is 8.02. The molecular weight excluding hydrogens is 408 g/mol. The Hall–Kier alpha value is -3.51. The van der Waals surface area contributed by atoms with Crippen molar-refractivity contribution in [3.63, 3.8) is 0 Å². The van der Waals surface area contributed by atoms with E-state index in [0.717, 1.165) is 17.6 Å². The number of nitrogens with zero attached hydrogens (tertiary/aromatic N) is 2. The molecule has 0 fully saturated rings. The molecule has 0 aliphatic heterocycles. The Balaban J connectivity index is 1.60. The minimum Gasteiger partial charge on any atom is -0.400 e. The summed E-state index contributed by atoms with van der Waals surface area (Å²) in [6, 6.07) is 11.4. The fourth-order valence-electron chi connectivity index (χ4n) is 2.04. The third-order valence-electron chi connectivity index (χ3n) is 3.31. The van der Waals surface area contributed by atoms with E-state index in [2.05, 4.69) is 15.2 Å². The van der Waals surface area contributed by atoms with Crippen molar-refractivity contribution in [1.29, 1.82) is 0 Å². The van der Waals surface area contributed by atoms with Crippen LogP contribution >= 0.6 is 11.3 Å². The highest BCUT2D eigenvalue weighted by molar-refractivity contribution is 7.94. The third kappa shape index (κ3) is 4.61. The lowest BCUT2D eigenvalue weighted by Crippen LogP contribution is -2.17. The molecular formula is C16H12N4O6S2. The number of thiophene rings is 1. The largest absolute Gasteiger partial charge is 0.433 e. The Labute approximate surface area is 162 Å². The van der Waals surface area contributed by atoms with Crippen LogP contribution in [0.3, 0.4) is 0 Å². The molecule has 0 aliphatic carbocycles. The summed E-state index contributed by atoms with van der Waals surface area (Å²) in [6.07, 6.45) is 1.12. The molecule has 0 spiro atoms. The molecule has 0 saturated carbocycles. The van der Waals surface area contributed by atoms with E-state index in [1.54, 1.807) is 11.4 Å². The summed E-state index contributed by atoms with van der Waals surface area (Å²) in [5.74, 6) is -0.885. The molecule has 1 amide bonds. The minimum absolute atomic E-state index is 0.102. The summed E-state index contributed by atoms with van der Waals surface area (Å²) in [5, 5.41) is 15.8. The average Bonchev–Trinajstić information content (AvgIpc) is 3.34. The Morgan fingerprint density at radius 2 is 1.93 bits per heavy atom. The minimum atomic E-state index is -3.67. The number of amides is 1. The van der Waals surface area contributed by atoms with Gasteiger partial charge in [0.15, 0.2) is 5.76 Å². The quantitative estimate of drug-likeness (QED) is 0.342. The normalized spacial score (nSPS) is 11.4. The van der Waals surface area contributed by atoms with Crippen molar-refractivity contribution < 1.29 is 22.6 Å². The van der Waals surface area contributed by atoms with Crippen molar-refractivity contribution in [2.45, 2.75) is 4.21 Å². The zero-order valence-corrected chi connectivity index (χ0v) is 15.6. The fraction of sp³-hybridized carbons (Fsp3) is 0. The van der Waals surface area contributed by atoms with Crippen LogP contribution in [0.1, 0.15) is 16.1 Å². The lowest BCUT2D eigenvalue weighted by molar-refractivity contribution is -0.402. The van der Waals surface area contributed by atoms with Gasteiger partial charge in [0.2, 0.25) is 0 Å². The van der Waals surface area contributed by atoms with Gasteiger partial charge in [-0.1, -0.05) is 6.07 Å². The zero-order valence-electron chi connectivity index (χ0n) is 13.9. The molecule has 12 heteroatoms. The molecule has 0 saturated heterocycles. The molecule has 10 nitrogen and oxygen atoms in total. The Morgan fingerprint density at radius 3 is 2.54 bits per heavy atom. The summed E-state index contributed by atoms with van der Waals surface area (Å²) in [6.45, 7) is 0. The highest BCUT2D eigenvalue weighted by Crippen LogP contribution is 2.20. The zero-order chi connectivity index (χ0) is 20.1. The van der Waals surface area contributed by atoms with Gasteiger partial charge in [0.05, 0.1) is 12.3 Å². The summed E-state index contributed by atoms with van der Waals surface area (Å²) in [4.78, 5) is 21.9. The number of nitro groups is 1. The van der Waals surface area contributed by atoms with Crippen molar-refractivity contribution in [2.75, 3.05) is 4.72 Å². The molecule has 0 radical (unpaired) electrons. The van der Waals surface area contributed by atoms with E-state index in [9.17, 15) is 23.3 Å². The van der Waals surface area contributed by atoms with Crippen molar-refractivity contribution in [2.24, 2.45) is 5.10 Å². The molecule has 2 aromatic heterocycles. The summed E-state index contributed by atoms with van der Waals surface area (Å²) >= 11 is 1.09. The lowest BCUT2D eigenvalue weighted by atomic mass is 10.2. The molecule has 0 aliphatic rings. The second-order valence-electron chi connectivity index (χ2n) is 5.25. The van der Waals surface area contributed by atoms with Gasteiger partial charge >= 0.3 is 5.88 Å². The third-order valence-corrected chi connectivity index (χ3v) is 6.09. The van der Waals surface area contributed by atoms with Gasteiger partial charge in [0.1, 0.15) is 9.13 Å². The molecule has 3 aromatic rings. The van der Waals surface area contributed by atoms with E-state index in [1.165, 1.54) is 42.5 Å². The number of hydrogen-bond acceptors (Lipinski definition) is 8. The number of nitrogens with one attached hydrogen (secondary N) is 2. The highest BCUT2D eigenvalue weighted by atomic mass is 32.2. The van der Waals surface area contributed by atoms with Crippen LogP contribution in [0.4, 0.5) is 11.6 Å². The number of hydrogen-bond donors (Lipinski definition) is 2. The molecule has 144 valence electrons. The van der Waals surface area contributed by atoms with E-state index < -0.39 is 26.7 Å². The number of benzene rings is 1. The second-order valence-corrected chi connectivity index (χ2v) is 8.10. The maximum absolute atomic E-state index is 12.2. The monoisotopic (exact) mass is 420 g/mol. The summed E-state index contributed by atoms with van der Waals surface area (Å²) in [7, 11) is -3.67. The van der Waals surface area contributed by atoms with Crippen LogP contribution in [-0.2, 0) is 10.0 Å². The van der Waals surface area contributed by atoms with Crippen LogP contribution in [0.5, 0.6) is 0 Å². The molecule has 28 heavy (non-hydrogen) atoms. The Morgan fingerprint density at radius 1 is 1.18 bits per heavy atom. The predicted octanol–water partition coefficient (Wildman–Crippen LogP) is 2.81. The average molecular weight is 420 g/mol. The van der Waals surface area contributed by atoms with Crippen molar-refractivity contribution in [3.8, 4) is 0 Å². The van der Waals surface area contributed by atoms with Gasteiger partial charge in [0.25, 0.3) is 15.9 Å². The lowest BCUT2D eigenvalue weighted by Gasteiger charge is -2.07. The first-order chi connectivity index (χ1) is 13.3. The maximum atomic E-state index is 12.2. The van der Waals surface area contributed by atoms with Crippen LogP contribution in [0.2, 0.25) is 0 Å². The standard InChI is InChI=1S/C16H12N4O6S2/c21-16(18-17-10-13-7-8-14(26-13)20(22)23)11-3-5-12(6-4-11)19-28(24,25)15-2-1-9-27-15/h1-10,19H,(H,18,21). The smallest absolute Gasteiger partial charge is 0.400 e. The summed E-state index contributed by atoms with van der Waals surface area (Å²) < 4.78 is 31.8. The van der Waals surface area contributed by atoms with Gasteiger partial charge in [-0.2, -0.15) is 5.10 Å². The molecule has 0 bridgehead atoms. The molecule has 2 N–H and O–H groups in total. The first-order valence-electron chi connectivity index (χ1n) is 7.59. The van der Waals surface area contributed by atoms with Crippen LogP contribution in [-0.4, -0.2) is 25.5 Å². The number of furan rings is 1. The predicted molar refractivity (Wildman–Crippen MR) is 102 cm³/mol. The van der Waals surface area contributed by atoms with E-state index in [-0.39, 0.29) is 15.5 Å². The number of carbonyl (C=O) groups is 1. The molecule has 3 rings (SSSR count). The van der Waals surface area contributed by atoms with Gasteiger partial charge in [0, 0.05) is 11.3 Å². The number of sulfonamides is 1. The van der Waals surface area contributed by atoms with Gasteiger partial charge in [-0.25, -0.2) is 13.8 Å². The van der Waals surface area contributed by atoms with E-state index in [4.69, 9.17) is 4.42 Å². The first kappa shape index (κ1) is 19.3. The van der Waals surface area contributed by atoms with Gasteiger partial charge < -0.3 is 4.42 Å². The number of hydrazone groups is 1. The SMILES string of the molecule is O=C(NN=Cc1ccc([N+](=O)[O-])o1)c1ccc(NS(=O)(=O)c2cccs2)cc1. The Bertz CT molecular complexity index is 1120. The van der Waals surface area contributed by atoms with Crippen LogP contribution < -0.4 is 10.1 Å². The van der Waals surface area contributed by atoms with Crippen molar-refractivity contribution in [1.82, 2.24) is 5.43 Å². The number of rotatable bonds is 7. The van der Waals surface area contributed by atoms with Gasteiger partial charge in [-0.15, -0.1) is 11.3 Å². The van der Waals surface area contributed by atoms with Gasteiger partial charge in [-0.05, 0) is 41.8 Å². The first-order valence-corrected chi connectivity index (χ1v) is 9.95. The fourth-order valence-corrected chi connectivity index (χ4v) is 4.09. The van der Waals surface area contributed by atoms with Crippen LogP contribution in [0, 0.1) is 10.1 Å². The summed E-state index contributed by atoms with van der Waals surface area (Å²) in [5.41, 5.74) is 2.78. The van der Waals surface area contributed by atoms with E-state index in [0.29, 0.717) is 5.69 Å². The van der Waals surface area contributed by atoms with Gasteiger partial charge in [-0.3, -0.25) is 19.6 Å². The molecule has 1 aromatic carbocycles. The van der Waals surface area contributed by atoms with E-state index >= 15 is 0 Å². The number of anilines is 1. The molecule has 0 unspecified atom stereocenters. The van der Waals surface area contributed by atoms with E-state index in [1.807, 2.05) is 0 Å². The Kier molecular flexibility index (Phi) is 5.52. The van der Waals surface area contributed by atoms with Crippen molar-refractivity contribution >= 4 is 45.1 Å². The number of carbonyl (C=O) groups excluding carboxylic acids is 1. The maximum Gasteiger partial charge on any atom is 0.433 e. The van der Waals surface area contributed by atoms with Crippen LogP contribution in [0.15, 0.2) is 67.6 Å². The van der Waals surface area contributed by atoms with Crippen LogP contribution in [0.25, 0.3) is 0 Å². The molecule has 2 heterocycles. The highest BCUT2D eigenvalue weighted by Gasteiger charge is 2.15. The molecule has 0 atom stereocenters. The van der Waals surface area contributed by atoms with Crippen molar-refractivity contribution in [3.05, 3.63) is 75.3 Å².